The third-order valence-electron chi connectivity index (χ3n) is 4.55. The Morgan fingerprint density at radius 3 is 2.82 bits per heavy atom. The summed E-state index contributed by atoms with van der Waals surface area (Å²) in [5.41, 5.74) is 1.78. The maximum absolute atomic E-state index is 13.2. The van der Waals surface area contributed by atoms with Gasteiger partial charge in [0.2, 0.25) is 5.91 Å². The first-order valence-electron chi connectivity index (χ1n) is 8.91. The largest absolute Gasteiger partial charge is 0.322 e. The zero-order valence-electron chi connectivity index (χ0n) is 14.9. The lowest BCUT2D eigenvalue weighted by atomic mass is 10.2. The lowest BCUT2D eigenvalue weighted by molar-refractivity contribution is -0.117. The van der Waals surface area contributed by atoms with Gasteiger partial charge in [0.15, 0.2) is 0 Å². The highest BCUT2D eigenvalue weighted by Crippen LogP contribution is 2.40. The molecule has 0 saturated heterocycles. The van der Waals surface area contributed by atoms with Gasteiger partial charge in [0, 0.05) is 17.1 Å². The van der Waals surface area contributed by atoms with E-state index in [9.17, 15) is 13.6 Å². The summed E-state index contributed by atoms with van der Waals surface area (Å²) in [5.74, 6) is -0.200. The molecule has 0 spiro atoms. The molecular weight excluding hydrogens is 388 g/mol. The molecule has 4 rings (SSSR count). The molecule has 2 heterocycles. The smallest absolute Gasteiger partial charge is 0.280 e. The highest BCUT2D eigenvalue weighted by Gasteiger charge is 2.29. The predicted octanol–water partition coefficient (Wildman–Crippen LogP) is 4.24. The van der Waals surface area contributed by atoms with Crippen LogP contribution in [0.1, 0.15) is 42.1 Å². The van der Waals surface area contributed by atoms with Crippen molar-refractivity contribution in [2.24, 2.45) is 0 Å². The number of nitrogens with one attached hydrogen (secondary N) is 1. The molecule has 0 radical (unpaired) electrons. The van der Waals surface area contributed by atoms with Gasteiger partial charge >= 0.3 is 0 Å². The Kier molecular flexibility index (Phi) is 5.13. The fourth-order valence-corrected chi connectivity index (χ4v) is 3.18. The highest BCUT2D eigenvalue weighted by atomic mass is 35.5. The third kappa shape index (κ3) is 4.22. The van der Waals surface area contributed by atoms with Gasteiger partial charge in [0.25, 0.3) is 6.43 Å². The van der Waals surface area contributed by atoms with Gasteiger partial charge in [0.05, 0.1) is 24.1 Å². The van der Waals surface area contributed by atoms with Gasteiger partial charge in [-0.15, -0.1) is 0 Å². The van der Waals surface area contributed by atoms with E-state index in [2.05, 4.69) is 15.5 Å². The molecule has 146 valence electrons. The monoisotopic (exact) mass is 405 g/mol. The second-order valence-electron chi connectivity index (χ2n) is 6.79. The number of hydrogen-bond donors (Lipinski definition) is 1. The van der Waals surface area contributed by atoms with Crippen molar-refractivity contribution in [1.29, 1.82) is 0 Å². The Bertz CT molecular complexity index is 996. The van der Waals surface area contributed by atoms with Gasteiger partial charge in [-0.2, -0.15) is 10.2 Å². The molecule has 0 unspecified atom stereocenters. The molecule has 9 heteroatoms. The molecule has 2 aromatic heterocycles. The lowest BCUT2D eigenvalue weighted by Crippen LogP contribution is -2.21. The number of carbonyl (C=O) groups excluding carboxylic acids is 1. The van der Waals surface area contributed by atoms with Crippen molar-refractivity contribution in [3.63, 3.8) is 0 Å². The van der Waals surface area contributed by atoms with Crippen molar-refractivity contribution < 1.29 is 13.6 Å². The first-order chi connectivity index (χ1) is 13.5. The minimum Gasteiger partial charge on any atom is -0.322 e. The van der Waals surface area contributed by atoms with Crippen LogP contribution in [0.5, 0.6) is 0 Å². The van der Waals surface area contributed by atoms with Crippen LogP contribution >= 0.6 is 11.6 Å². The van der Waals surface area contributed by atoms with E-state index in [1.165, 1.54) is 12.3 Å². The molecule has 0 aliphatic heterocycles. The Morgan fingerprint density at radius 1 is 1.32 bits per heavy atom. The molecule has 1 saturated carbocycles. The van der Waals surface area contributed by atoms with Crippen molar-refractivity contribution in [3.05, 3.63) is 64.7 Å². The summed E-state index contributed by atoms with van der Waals surface area (Å²) in [7, 11) is 0. The van der Waals surface area contributed by atoms with E-state index in [1.807, 2.05) is 18.2 Å². The molecule has 1 aliphatic rings. The number of rotatable bonds is 7. The number of nitrogens with zero attached hydrogens (tertiary/aromatic N) is 4. The van der Waals surface area contributed by atoms with Crippen LogP contribution in [0.4, 0.5) is 14.5 Å². The quantitative estimate of drug-likeness (QED) is 0.639. The number of aromatic nitrogens is 4. The normalized spacial score (nSPS) is 13.9. The van der Waals surface area contributed by atoms with Crippen LogP contribution in [0.15, 0.2) is 42.7 Å². The van der Waals surface area contributed by atoms with Crippen molar-refractivity contribution >= 4 is 23.2 Å². The number of benzene rings is 1. The maximum atomic E-state index is 13.2. The van der Waals surface area contributed by atoms with Crippen LogP contribution in [0.25, 0.3) is 0 Å². The van der Waals surface area contributed by atoms with Crippen molar-refractivity contribution in [3.8, 4) is 0 Å². The lowest BCUT2D eigenvalue weighted by Gasteiger charge is -2.07. The molecule has 28 heavy (non-hydrogen) atoms. The van der Waals surface area contributed by atoms with Gasteiger partial charge in [-0.1, -0.05) is 29.8 Å². The highest BCUT2D eigenvalue weighted by molar-refractivity contribution is 6.31. The first kappa shape index (κ1) is 18.6. The Labute approximate surface area is 165 Å². The van der Waals surface area contributed by atoms with Gasteiger partial charge in [-0.05, 0) is 30.5 Å². The average Bonchev–Trinajstić information content (AvgIpc) is 3.28. The molecule has 6 nitrogen and oxygen atoms in total. The van der Waals surface area contributed by atoms with Gasteiger partial charge < -0.3 is 5.32 Å². The van der Waals surface area contributed by atoms with Gasteiger partial charge in [-0.3, -0.25) is 14.2 Å². The van der Waals surface area contributed by atoms with E-state index in [0.717, 1.165) is 23.1 Å². The zero-order valence-corrected chi connectivity index (χ0v) is 15.6. The summed E-state index contributed by atoms with van der Waals surface area (Å²) in [4.78, 5) is 12.3. The van der Waals surface area contributed by atoms with Crippen LogP contribution in [-0.2, 0) is 17.9 Å². The number of amides is 1. The van der Waals surface area contributed by atoms with Crippen LogP contribution in [0, 0.1) is 0 Å². The number of hydrogen-bond acceptors (Lipinski definition) is 3. The summed E-state index contributed by atoms with van der Waals surface area (Å²) >= 11 is 6.14. The van der Waals surface area contributed by atoms with Gasteiger partial charge in [0.1, 0.15) is 12.2 Å². The van der Waals surface area contributed by atoms with Crippen molar-refractivity contribution in [2.45, 2.75) is 38.3 Å². The van der Waals surface area contributed by atoms with Crippen LogP contribution in [0.2, 0.25) is 5.02 Å². The minimum atomic E-state index is -2.67. The standard InChI is InChI=1S/C19H18ClF2N5O/c20-15-4-2-1-3-13(15)9-26-10-14(8-23-26)24-18(28)11-27-17(19(21)22)7-16(25-27)12-5-6-12/h1-4,7-8,10,12,19H,5-6,9,11H2,(H,24,28). The molecule has 3 aromatic rings. The Hall–Kier alpha value is -2.74. The fraction of sp³-hybridized carbons (Fsp3) is 0.316. The summed E-state index contributed by atoms with van der Waals surface area (Å²) in [6.07, 6.45) is 2.40. The second kappa shape index (κ2) is 7.71. The second-order valence-corrected chi connectivity index (χ2v) is 7.20. The van der Waals surface area contributed by atoms with E-state index in [-0.39, 0.29) is 18.2 Å². The third-order valence-corrected chi connectivity index (χ3v) is 4.92. The predicted molar refractivity (Wildman–Crippen MR) is 101 cm³/mol. The fourth-order valence-electron chi connectivity index (χ4n) is 2.99. The summed E-state index contributed by atoms with van der Waals surface area (Å²) < 4.78 is 29.2. The number of anilines is 1. The van der Waals surface area contributed by atoms with Crippen molar-refractivity contribution in [2.75, 3.05) is 5.32 Å². The SMILES string of the molecule is O=C(Cn1nc(C2CC2)cc1C(F)F)Nc1cnn(Cc2ccccc2Cl)c1. The van der Waals surface area contributed by atoms with Crippen LogP contribution < -0.4 is 5.32 Å². The average molecular weight is 406 g/mol. The first-order valence-corrected chi connectivity index (χ1v) is 9.29. The Morgan fingerprint density at radius 2 is 2.11 bits per heavy atom. The van der Waals surface area contributed by atoms with E-state index < -0.39 is 12.3 Å². The van der Waals surface area contributed by atoms with Gasteiger partial charge in [-0.25, -0.2) is 8.78 Å². The Balaban J connectivity index is 1.41. The number of carbonyl (C=O) groups is 1. The molecule has 0 atom stereocenters. The minimum absolute atomic E-state index is 0.230. The number of halogens is 3. The molecule has 0 bridgehead atoms. The molecular formula is C19H18ClF2N5O. The van der Waals surface area contributed by atoms with E-state index >= 15 is 0 Å². The van der Waals surface area contributed by atoms with Crippen LogP contribution in [-0.4, -0.2) is 25.5 Å². The molecule has 1 amide bonds. The summed E-state index contributed by atoms with van der Waals surface area (Å²) in [5, 5.41) is 11.7. The topological polar surface area (TPSA) is 64.7 Å². The molecule has 1 aliphatic carbocycles. The molecule has 1 aromatic carbocycles. The molecule has 1 N–H and O–H groups in total. The van der Waals surface area contributed by atoms with E-state index in [0.29, 0.717) is 22.9 Å². The van der Waals surface area contributed by atoms with Crippen LogP contribution in [0.3, 0.4) is 0 Å². The number of alkyl halides is 2. The maximum Gasteiger partial charge on any atom is 0.280 e. The van der Waals surface area contributed by atoms with E-state index in [1.54, 1.807) is 16.9 Å². The van der Waals surface area contributed by atoms with E-state index in [4.69, 9.17) is 11.6 Å². The summed E-state index contributed by atoms with van der Waals surface area (Å²) in [6, 6.07) is 8.82. The molecule has 1 fully saturated rings. The summed E-state index contributed by atoms with van der Waals surface area (Å²) in [6.45, 7) is 0.178. The zero-order chi connectivity index (χ0) is 19.7. The van der Waals surface area contributed by atoms with Crippen molar-refractivity contribution in [1.82, 2.24) is 19.6 Å².